The van der Waals surface area contributed by atoms with Gasteiger partial charge in [-0.25, -0.2) is 0 Å². The van der Waals surface area contributed by atoms with Crippen LogP contribution in [0.3, 0.4) is 0 Å². The quantitative estimate of drug-likeness (QED) is 0.239. The van der Waals surface area contributed by atoms with Gasteiger partial charge in [0.15, 0.2) is 0 Å². The van der Waals surface area contributed by atoms with Gasteiger partial charge in [-0.3, -0.25) is 4.79 Å². The van der Waals surface area contributed by atoms with Crippen LogP contribution < -0.4 is 5.48 Å². The Labute approximate surface area is 137 Å². The first kappa shape index (κ1) is 21.4. The van der Waals surface area contributed by atoms with E-state index in [9.17, 15) is 4.79 Å². The summed E-state index contributed by atoms with van der Waals surface area (Å²) in [4.78, 5) is 11.5. The van der Waals surface area contributed by atoms with Crippen LogP contribution in [-0.2, 0) is 9.53 Å². The molecule has 1 atom stereocenters. The van der Waals surface area contributed by atoms with E-state index in [0.29, 0.717) is 13.0 Å². The van der Waals surface area contributed by atoms with Crippen LogP contribution in [0.2, 0.25) is 0 Å². The highest BCUT2D eigenvalue weighted by Crippen LogP contribution is 2.12. The van der Waals surface area contributed by atoms with Gasteiger partial charge in [0.1, 0.15) is 6.04 Å². The molecule has 0 rings (SSSR count). The molecule has 0 aliphatic rings. The maximum atomic E-state index is 11.5. The number of unbranched alkanes of at least 4 members (excludes halogenated alkanes) is 11. The van der Waals surface area contributed by atoms with E-state index in [-0.39, 0.29) is 5.97 Å². The Morgan fingerprint density at radius 3 is 1.73 bits per heavy atom. The second-order valence-electron chi connectivity index (χ2n) is 6.15. The third-order valence-corrected chi connectivity index (χ3v) is 4.09. The minimum absolute atomic E-state index is 0.354. The third-order valence-electron chi connectivity index (χ3n) is 4.09. The lowest BCUT2D eigenvalue weighted by atomic mass is 10.1. The van der Waals surface area contributed by atoms with Crippen LogP contribution in [0.25, 0.3) is 0 Å². The number of carbonyl (C=O) groups excluding carboxylic acids is 1. The molecule has 0 spiro atoms. The zero-order valence-corrected chi connectivity index (χ0v) is 14.7. The van der Waals surface area contributed by atoms with Gasteiger partial charge in [-0.15, -0.1) is 0 Å². The van der Waals surface area contributed by atoms with E-state index < -0.39 is 6.04 Å². The van der Waals surface area contributed by atoms with Crippen molar-refractivity contribution in [3.8, 4) is 0 Å². The number of esters is 1. The molecule has 22 heavy (non-hydrogen) atoms. The maximum Gasteiger partial charge on any atom is 0.325 e. The van der Waals surface area contributed by atoms with Gasteiger partial charge in [-0.1, -0.05) is 84.5 Å². The molecule has 0 amide bonds. The maximum absolute atomic E-state index is 11.5. The molecule has 0 unspecified atom stereocenters. The lowest BCUT2D eigenvalue weighted by molar-refractivity contribution is -0.149. The monoisotopic (exact) mass is 315 g/mol. The molecule has 0 aromatic heterocycles. The fraction of sp³-hybridized carbons (Fsp3) is 0.944. The summed E-state index contributed by atoms with van der Waals surface area (Å²) in [5.74, 6) is -0.354. The number of carbonyl (C=O) groups is 1. The van der Waals surface area contributed by atoms with E-state index in [0.717, 1.165) is 12.8 Å². The van der Waals surface area contributed by atoms with E-state index in [1.165, 1.54) is 64.2 Å². The largest absolute Gasteiger partial charge is 0.464 e. The van der Waals surface area contributed by atoms with E-state index in [2.05, 4.69) is 6.92 Å². The molecule has 0 aliphatic heterocycles. The fourth-order valence-corrected chi connectivity index (χ4v) is 2.53. The van der Waals surface area contributed by atoms with Crippen molar-refractivity contribution in [1.29, 1.82) is 0 Å². The third kappa shape index (κ3) is 13.1. The number of hydrogen-bond acceptors (Lipinski definition) is 4. The number of hydrogen-bond donors (Lipinski definition) is 2. The molecular formula is C18H37NO3. The lowest BCUT2D eigenvalue weighted by Crippen LogP contribution is -2.35. The van der Waals surface area contributed by atoms with Gasteiger partial charge >= 0.3 is 5.97 Å². The summed E-state index contributed by atoms with van der Waals surface area (Å²) < 4.78 is 5.12. The molecule has 4 heteroatoms. The van der Waals surface area contributed by atoms with Crippen LogP contribution in [0.4, 0.5) is 0 Å². The highest BCUT2D eigenvalue weighted by Gasteiger charge is 2.15. The first-order chi connectivity index (χ1) is 10.8. The molecule has 0 aromatic carbocycles. The van der Waals surface area contributed by atoms with E-state index in [1.807, 2.05) is 12.4 Å². The van der Waals surface area contributed by atoms with Crippen LogP contribution >= 0.6 is 0 Å². The fourth-order valence-electron chi connectivity index (χ4n) is 2.53. The second-order valence-corrected chi connectivity index (χ2v) is 6.15. The van der Waals surface area contributed by atoms with E-state index in [1.54, 1.807) is 0 Å². The number of rotatable bonds is 16. The zero-order chi connectivity index (χ0) is 16.5. The smallest absolute Gasteiger partial charge is 0.325 e. The van der Waals surface area contributed by atoms with Crippen molar-refractivity contribution < 1.29 is 14.7 Å². The van der Waals surface area contributed by atoms with Crippen molar-refractivity contribution in [1.82, 2.24) is 5.48 Å². The first-order valence-corrected chi connectivity index (χ1v) is 9.32. The summed E-state index contributed by atoms with van der Waals surface area (Å²) in [7, 11) is 0. The molecule has 0 heterocycles. The normalized spacial score (nSPS) is 12.3. The molecule has 0 saturated heterocycles. The SMILES string of the molecule is CCCCCCCCCCCCCCOC(=O)[C@H](CC)NO. The van der Waals surface area contributed by atoms with Gasteiger partial charge < -0.3 is 9.94 Å². The Bertz CT molecular complexity index is 242. The van der Waals surface area contributed by atoms with Gasteiger partial charge in [-0.05, 0) is 12.8 Å². The molecule has 132 valence electrons. The predicted octanol–water partition coefficient (Wildman–Crippen LogP) is 4.99. The lowest BCUT2D eigenvalue weighted by Gasteiger charge is -2.11. The predicted molar refractivity (Wildman–Crippen MR) is 91.0 cm³/mol. The molecular weight excluding hydrogens is 278 g/mol. The highest BCUT2D eigenvalue weighted by atomic mass is 16.5. The summed E-state index contributed by atoms with van der Waals surface area (Å²) in [6.45, 7) is 4.56. The standard InChI is InChI=1S/C18H37NO3/c1-3-5-6-7-8-9-10-11-12-13-14-15-16-22-18(20)17(4-2)19-21/h17,19,21H,3-16H2,1-2H3/t17-/m0/s1. The summed E-state index contributed by atoms with van der Waals surface area (Å²) in [5.41, 5.74) is 1.97. The van der Waals surface area contributed by atoms with Crippen molar-refractivity contribution in [2.45, 2.75) is 103 Å². The zero-order valence-electron chi connectivity index (χ0n) is 14.7. The van der Waals surface area contributed by atoms with Crippen molar-refractivity contribution in [3.63, 3.8) is 0 Å². The van der Waals surface area contributed by atoms with Crippen LogP contribution in [0.15, 0.2) is 0 Å². The summed E-state index contributed by atoms with van der Waals surface area (Å²) in [6, 6.07) is -0.586. The molecule has 0 radical (unpaired) electrons. The van der Waals surface area contributed by atoms with Gasteiger partial charge in [0.05, 0.1) is 6.61 Å². The van der Waals surface area contributed by atoms with Crippen LogP contribution in [0, 0.1) is 0 Å². The molecule has 0 aromatic rings. The van der Waals surface area contributed by atoms with Crippen molar-refractivity contribution in [3.05, 3.63) is 0 Å². The van der Waals surface area contributed by atoms with Crippen LogP contribution in [0.1, 0.15) is 97.3 Å². The summed E-state index contributed by atoms with van der Waals surface area (Å²) in [5, 5.41) is 8.75. The first-order valence-electron chi connectivity index (χ1n) is 9.32. The highest BCUT2D eigenvalue weighted by molar-refractivity contribution is 5.75. The Kier molecular flexibility index (Phi) is 16.3. The Morgan fingerprint density at radius 1 is 0.864 bits per heavy atom. The van der Waals surface area contributed by atoms with Crippen LogP contribution in [0.5, 0.6) is 0 Å². The van der Waals surface area contributed by atoms with E-state index in [4.69, 9.17) is 9.94 Å². The Hall–Kier alpha value is -0.610. The molecule has 4 nitrogen and oxygen atoms in total. The second kappa shape index (κ2) is 16.8. The number of nitrogens with one attached hydrogen (secondary N) is 1. The minimum Gasteiger partial charge on any atom is -0.464 e. The van der Waals surface area contributed by atoms with Crippen molar-refractivity contribution >= 4 is 5.97 Å². The topological polar surface area (TPSA) is 58.6 Å². The van der Waals surface area contributed by atoms with Gasteiger partial charge in [0.25, 0.3) is 0 Å². The summed E-state index contributed by atoms with van der Waals surface area (Å²) >= 11 is 0. The molecule has 0 fully saturated rings. The minimum atomic E-state index is -0.586. The molecule has 0 aliphatic carbocycles. The van der Waals surface area contributed by atoms with Crippen molar-refractivity contribution in [2.24, 2.45) is 0 Å². The molecule has 0 bridgehead atoms. The van der Waals surface area contributed by atoms with Crippen molar-refractivity contribution in [2.75, 3.05) is 6.61 Å². The Morgan fingerprint density at radius 2 is 1.32 bits per heavy atom. The van der Waals surface area contributed by atoms with Gasteiger partial charge in [0.2, 0.25) is 0 Å². The average Bonchev–Trinajstić information content (AvgIpc) is 2.53. The Balaban J connectivity index is 3.19. The molecule has 2 N–H and O–H groups in total. The number of ether oxygens (including phenoxy) is 1. The summed E-state index contributed by atoms with van der Waals surface area (Å²) in [6.07, 6.45) is 16.1. The van der Waals surface area contributed by atoms with Crippen LogP contribution in [-0.4, -0.2) is 23.8 Å². The van der Waals surface area contributed by atoms with E-state index >= 15 is 0 Å². The van der Waals surface area contributed by atoms with Gasteiger partial charge in [-0.2, -0.15) is 5.48 Å². The average molecular weight is 315 g/mol. The number of hydroxylamine groups is 1. The molecule has 0 saturated carbocycles. The van der Waals surface area contributed by atoms with Gasteiger partial charge in [0, 0.05) is 0 Å².